The summed E-state index contributed by atoms with van der Waals surface area (Å²) in [5, 5.41) is 0. The molecule has 0 saturated heterocycles. The van der Waals surface area contributed by atoms with Crippen molar-refractivity contribution in [2.45, 2.75) is 12.5 Å². The van der Waals surface area contributed by atoms with Crippen molar-refractivity contribution in [3.05, 3.63) is 12.7 Å². The van der Waals surface area contributed by atoms with Crippen molar-refractivity contribution in [2.24, 2.45) is 0 Å². The summed E-state index contributed by atoms with van der Waals surface area (Å²) in [7, 11) is 1.59. The van der Waals surface area contributed by atoms with Gasteiger partial charge in [0.25, 0.3) is 0 Å². The van der Waals surface area contributed by atoms with Crippen LogP contribution in [0.15, 0.2) is 12.7 Å². The van der Waals surface area contributed by atoms with Gasteiger partial charge in [0.1, 0.15) is 6.10 Å². The normalized spacial score (nSPS) is 12.0. The van der Waals surface area contributed by atoms with E-state index in [0.29, 0.717) is 0 Å². The van der Waals surface area contributed by atoms with Crippen LogP contribution in [0.25, 0.3) is 0 Å². The van der Waals surface area contributed by atoms with Crippen LogP contribution in [-0.2, 0) is 4.74 Å². The zero-order chi connectivity index (χ0) is 6.41. The molecule has 0 spiro atoms. The molecule has 0 N–H and O–H groups in total. The molecule has 0 aromatic heterocycles. The molecule has 44 valence electrons. The van der Waals surface area contributed by atoms with Gasteiger partial charge >= 0.3 is 0 Å². The van der Waals surface area contributed by atoms with E-state index in [1.165, 1.54) is 0 Å². The molecule has 0 aliphatic rings. The summed E-state index contributed by atoms with van der Waals surface area (Å²) in [5.74, 6) is 2.46. The summed E-state index contributed by atoms with van der Waals surface area (Å²) in [6, 6.07) is 0. The highest BCUT2D eigenvalue weighted by Gasteiger charge is 1.95. The molecule has 8 heavy (non-hydrogen) atoms. The molecular formula is C7H10O. The number of methoxy groups -OCH3 is 1. The Morgan fingerprint density at radius 1 is 2.00 bits per heavy atom. The first kappa shape index (κ1) is 7.26. The zero-order valence-corrected chi connectivity index (χ0v) is 5.05. The molecule has 0 aliphatic heterocycles. The number of rotatable bonds is 3. The lowest BCUT2D eigenvalue weighted by Crippen LogP contribution is -2.04. The van der Waals surface area contributed by atoms with Crippen molar-refractivity contribution in [1.82, 2.24) is 0 Å². The van der Waals surface area contributed by atoms with Gasteiger partial charge in [-0.2, -0.15) is 0 Å². The highest BCUT2D eigenvalue weighted by molar-refractivity contribution is 4.97. The van der Waals surface area contributed by atoms with E-state index in [1.807, 2.05) is 0 Å². The summed E-state index contributed by atoms with van der Waals surface area (Å²) < 4.78 is 4.83. The Bertz CT molecular complexity index is 99.4. The van der Waals surface area contributed by atoms with Crippen LogP contribution in [0.5, 0.6) is 0 Å². The van der Waals surface area contributed by atoms with Gasteiger partial charge in [0.15, 0.2) is 0 Å². The first-order chi connectivity index (χ1) is 3.85. The lowest BCUT2D eigenvalue weighted by Gasteiger charge is -2.01. The van der Waals surface area contributed by atoms with Crippen LogP contribution in [0.1, 0.15) is 6.42 Å². The molecule has 1 heteroatoms. The first-order valence-corrected chi connectivity index (χ1v) is 2.45. The van der Waals surface area contributed by atoms with Crippen molar-refractivity contribution >= 4 is 0 Å². The van der Waals surface area contributed by atoms with E-state index in [2.05, 4.69) is 12.5 Å². The van der Waals surface area contributed by atoms with Crippen molar-refractivity contribution in [2.75, 3.05) is 7.11 Å². The van der Waals surface area contributed by atoms with E-state index in [1.54, 1.807) is 13.2 Å². The summed E-state index contributed by atoms with van der Waals surface area (Å²) in [6.45, 7) is 3.52. The molecule has 0 unspecified atom stereocenters. The van der Waals surface area contributed by atoms with Gasteiger partial charge in [-0.15, -0.1) is 13.0 Å². The molecule has 0 fully saturated rings. The molecule has 0 heterocycles. The van der Waals surface area contributed by atoms with Crippen molar-refractivity contribution in [1.29, 1.82) is 0 Å². The van der Waals surface area contributed by atoms with Crippen LogP contribution in [0.2, 0.25) is 0 Å². The van der Waals surface area contributed by atoms with Crippen molar-refractivity contribution < 1.29 is 4.74 Å². The second-order valence-electron chi connectivity index (χ2n) is 1.42. The topological polar surface area (TPSA) is 9.23 Å². The summed E-state index contributed by atoms with van der Waals surface area (Å²) in [4.78, 5) is 0. The number of terminal acetylenes is 1. The van der Waals surface area contributed by atoms with Gasteiger partial charge in [0.05, 0.1) is 0 Å². The predicted molar refractivity (Wildman–Crippen MR) is 34.4 cm³/mol. The van der Waals surface area contributed by atoms with Crippen LogP contribution >= 0.6 is 0 Å². The van der Waals surface area contributed by atoms with Crippen LogP contribution in [0, 0.1) is 12.3 Å². The van der Waals surface area contributed by atoms with Crippen LogP contribution in [-0.4, -0.2) is 13.2 Å². The largest absolute Gasteiger partial charge is 0.368 e. The van der Waals surface area contributed by atoms with Gasteiger partial charge in [0.2, 0.25) is 0 Å². The molecule has 0 radical (unpaired) electrons. The summed E-state index contributed by atoms with van der Waals surface area (Å²) in [5.41, 5.74) is 0. The fourth-order valence-corrected chi connectivity index (χ4v) is 0.384. The second-order valence-corrected chi connectivity index (χ2v) is 1.42. The number of ether oxygens (including phenoxy) is 1. The lowest BCUT2D eigenvalue weighted by atomic mass is 10.3. The lowest BCUT2D eigenvalue weighted by molar-refractivity contribution is 0.151. The van der Waals surface area contributed by atoms with Gasteiger partial charge in [-0.25, -0.2) is 0 Å². The van der Waals surface area contributed by atoms with Gasteiger partial charge in [-0.1, -0.05) is 12.0 Å². The molecule has 0 aromatic rings. The average molecular weight is 110 g/mol. The third-order valence-electron chi connectivity index (χ3n) is 0.851. The van der Waals surface area contributed by atoms with E-state index >= 15 is 0 Å². The standard InChI is InChI=1S/C7H10O/c1-4-6-7(5-2)8-3/h2,4,7H,1,6H2,3H3/t7-/m0/s1. The maximum absolute atomic E-state index is 5.05. The Morgan fingerprint density at radius 2 is 2.62 bits per heavy atom. The number of hydrogen-bond donors (Lipinski definition) is 0. The predicted octanol–water partition coefficient (Wildman–Crippen LogP) is 1.21. The Kier molecular flexibility index (Phi) is 4.01. The van der Waals surface area contributed by atoms with Crippen molar-refractivity contribution in [3.8, 4) is 12.3 Å². The summed E-state index contributed by atoms with van der Waals surface area (Å²) in [6.07, 6.45) is 7.43. The van der Waals surface area contributed by atoms with Crippen molar-refractivity contribution in [3.63, 3.8) is 0 Å². The zero-order valence-electron chi connectivity index (χ0n) is 5.05. The average Bonchev–Trinajstić information content (AvgIpc) is 1.83. The van der Waals surface area contributed by atoms with Gasteiger partial charge in [-0.05, 0) is 0 Å². The fraction of sp³-hybridized carbons (Fsp3) is 0.429. The van der Waals surface area contributed by atoms with E-state index in [9.17, 15) is 0 Å². The van der Waals surface area contributed by atoms with Crippen LogP contribution < -0.4 is 0 Å². The van der Waals surface area contributed by atoms with Gasteiger partial charge in [-0.3, -0.25) is 0 Å². The Labute approximate surface area is 50.4 Å². The third kappa shape index (κ3) is 2.44. The fourth-order valence-electron chi connectivity index (χ4n) is 0.384. The third-order valence-corrected chi connectivity index (χ3v) is 0.851. The van der Waals surface area contributed by atoms with E-state index in [0.717, 1.165) is 6.42 Å². The van der Waals surface area contributed by atoms with Gasteiger partial charge < -0.3 is 4.74 Å². The first-order valence-electron chi connectivity index (χ1n) is 2.45. The maximum Gasteiger partial charge on any atom is 0.121 e. The molecule has 0 aliphatic carbocycles. The van der Waals surface area contributed by atoms with Gasteiger partial charge in [0, 0.05) is 13.5 Å². The molecule has 0 bridgehead atoms. The molecule has 0 saturated carbocycles. The Balaban J connectivity index is 3.40. The highest BCUT2D eigenvalue weighted by Crippen LogP contribution is 1.93. The minimum absolute atomic E-state index is 0.0903. The van der Waals surface area contributed by atoms with Crippen LogP contribution in [0.4, 0.5) is 0 Å². The second kappa shape index (κ2) is 4.42. The maximum atomic E-state index is 5.05. The number of hydrogen-bond acceptors (Lipinski definition) is 1. The molecular weight excluding hydrogens is 100 g/mol. The van der Waals surface area contributed by atoms with E-state index in [4.69, 9.17) is 11.2 Å². The monoisotopic (exact) mass is 110 g/mol. The SMILES string of the molecule is C#C[C@@H](CC=C)OC. The van der Waals surface area contributed by atoms with E-state index < -0.39 is 0 Å². The summed E-state index contributed by atoms with van der Waals surface area (Å²) >= 11 is 0. The molecule has 0 amide bonds. The molecule has 1 nitrogen and oxygen atoms in total. The molecule has 1 atom stereocenters. The van der Waals surface area contributed by atoms with E-state index in [-0.39, 0.29) is 6.10 Å². The minimum atomic E-state index is -0.0903. The smallest absolute Gasteiger partial charge is 0.121 e. The highest BCUT2D eigenvalue weighted by atomic mass is 16.5. The molecule has 0 rings (SSSR count). The Morgan fingerprint density at radius 3 is 2.75 bits per heavy atom. The van der Waals surface area contributed by atoms with Crippen LogP contribution in [0.3, 0.4) is 0 Å². The quantitative estimate of drug-likeness (QED) is 0.392. The minimum Gasteiger partial charge on any atom is -0.368 e. The Hall–Kier alpha value is -0.740. The molecule has 0 aromatic carbocycles.